The Bertz CT molecular complexity index is 1120. The Morgan fingerprint density at radius 1 is 1.30 bits per heavy atom. The van der Waals surface area contributed by atoms with E-state index in [1.54, 1.807) is 11.6 Å². The van der Waals surface area contributed by atoms with Crippen molar-refractivity contribution >= 4 is 17.1 Å². The number of aromatic nitrogens is 4. The van der Waals surface area contributed by atoms with Gasteiger partial charge in [0.05, 0.1) is 11.7 Å². The van der Waals surface area contributed by atoms with Crippen LogP contribution in [0.1, 0.15) is 62.8 Å². The number of imidazole rings is 1. The SMILES string of the molecule is CC1CC(c2ccc3c(n2)n(C)c(=O)n3CC(C)(C)C)CCN1C(=O)c1ncco1. The zero-order valence-electron chi connectivity index (χ0n) is 18.3. The van der Waals surface area contributed by atoms with Crippen LogP contribution in [0.3, 0.4) is 0 Å². The van der Waals surface area contributed by atoms with Gasteiger partial charge in [-0.15, -0.1) is 0 Å². The second kappa shape index (κ2) is 7.41. The van der Waals surface area contributed by atoms with Crippen molar-refractivity contribution in [2.75, 3.05) is 6.54 Å². The van der Waals surface area contributed by atoms with Gasteiger partial charge in [-0.3, -0.25) is 13.9 Å². The maximum atomic E-state index is 12.8. The number of nitrogens with zero attached hydrogens (tertiary/aromatic N) is 5. The number of hydrogen-bond donors (Lipinski definition) is 0. The summed E-state index contributed by atoms with van der Waals surface area (Å²) in [6.45, 7) is 9.67. The molecular formula is C22H29N5O3. The number of amides is 1. The van der Waals surface area contributed by atoms with Crippen LogP contribution in [0, 0.1) is 5.41 Å². The van der Waals surface area contributed by atoms with Crippen LogP contribution >= 0.6 is 0 Å². The smallest absolute Gasteiger partial charge is 0.330 e. The van der Waals surface area contributed by atoms with Crippen LogP contribution in [0.15, 0.2) is 33.8 Å². The van der Waals surface area contributed by atoms with Gasteiger partial charge in [0.15, 0.2) is 5.65 Å². The van der Waals surface area contributed by atoms with Gasteiger partial charge >= 0.3 is 11.6 Å². The van der Waals surface area contributed by atoms with Crippen molar-refractivity contribution in [3.8, 4) is 0 Å². The van der Waals surface area contributed by atoms with Crippen molar-refractivity contribution in [1.29, 1.82) is 0 Å². The number of fused-ring (bicyclic) bond motifs is 1. The van der Waals surface area contributed by atoms with Crippen molar-refractivity contribution in [2.24, 2.45) is 12.5 Å². The predicted molar refractivity (Wildman–Crippen MR) is 113 cm³/mol. The van der Waals surface area contributed by atoms with Gasteiger partial charge in [-0.2, -0.15) is 0 Å². The molecule has 0 saturated carbocycles. The van der Waals surface area contributed by atoms with Gasteiger partial charge < -0.3 is 9.32 Å². The maximum Gasteiger partial charge on any atom is 0.330 e. The summed E-state index contributed by atoms with van der Waals surface area (Å²) in [4.78, 5) is 36.0. The fourth-order valence-electron chi connectivity index (χ4n) is 4.34. The van der Waals surface area contributed by atoms with Gasteiger partial charge in [-0.1, -0.05) is 20.8 Å². The quantitative estimate of drug-likeness (QED) is 0.661. The number of aryl methyl sites for hydroxylation is 1. The molecule has 1 fully saturated rings. The molecule has 8 nitrogen and oxygen atoms in total. The molecule has 3 aromatic heterocycles. The highest BCUT2D eigenvalue weighted by molar-refractivity contribution is 5.89. The topological polar surface area (TPSA) is 86.2 Å². The molecule has 0 bridgehead atoms. The minimum absolute atomic E-state index is 0.00553. The molecule has 0 radical (unpaired) electrons. The molecule has 30 heavy (non-hydrogen) atoms. The Kier molecular flexibility index (Phi) is 5.03. The third kappa shape index (κ3) is 3.66. The zero-order valence-corrected chi connectivity index (χ0v) is 18.3. The molecule has 0 spiro atoms. The summed E-state index contributed by atoms with van der Waals surface area (Å²) in [7, 11) is 1.78. The lowest BCUT2D eigenvalue weighted by atomic mass is 9.88. The maximum absolute atomic E-state index is 12.8. The molecule has 2 atom stereocenters. The van der Waals surface area contributed by atoms with Crippen LogP contribution < -0.4 is 5.69 Å². The van der Waals surface area contributed by atoms with Crippen molar-refractivity contribution in [3.05, 3.63) is 46.7 Å². The molecule has 8 heteroatoms. The van der Waals surface area contributed by atoms with E-state index in [0.717, 1.165) is 24.1 Å². The summed E-state index contributed by atoms with van der Waals surface area (Å²) in [5.74, 6) is 0.199. The number of oxazole rings is 1. The molecule has 1 aliphatic rings. The molecule has 4 rings (SSSR count). The average Bonchev–Trinajstić information content (AvgIpc) is 3.30. The minimum Gasteiger partial charge on any atom is -0.441 e. The van der Waals surface area contributed by atoms with Crippen LogP contribution in [-0.4, -0.2) is 42.5 Å². The first kappa shape index (κ1) is 20.4. The number of carbonyl (C=O) groups excluding carboxylic acids is 1. The first-order valence-corrected chi connectivity index (χ1v) is 10.4. The van der Waals surface area contributed by atoms with Crippen LogP contribution in [0.5, 0.6) is 0 Å². The number of carbonyl (C=O) groups is 1. The molecular weight excluding hydrogens is 382 g/mol. The summed E-state index contributed by atoms with van der Waals surface area (Å²) in [5.41, 5.74) is 2.51. The molecule has 1 saturated heterocycles. The Balaban J connectivity index is 1.58. The first-order chi connectivity index (χ1) is 14.2. The largest absolute Gasteiger partial charge is 0.441 e. The number of piperidine rings is 1. The normalized spacial score (nSPS) is 20.1. The van der Waals surface area contributed by atoms with E-state index in [1.165, 1.54) is 12.5 Å². The van der Waals surface area contributed by atoms with Crippen molar-refractivity contribution in [2.45, 2.75) is 59.0 Å². The number of hydrogen-bond acceptors (Lipinski definition) is 5. The lowest BCUT2D eigenvalue weighted by molar-refractivity contribution is 0.0574. The number of likely N-dealkylation sites (tertiary alicyclic amines) is 1. The molecule has 160 valence electrons. The van der Waals surface area contributed by atoms with E-state index in [4.69, 9.17) is 9.40 Å². The highest BCUT2D eigenvalue weighted by Crippen LogP contribution is 2.32. The van der Waals surface area contributed by atoms with E-state index in [2.05, 4.69) is 25.8 Å². The van der Waals surface area contributed by atoms with E-state index in [9.17, 15) is 9.59 Å². The molecule has 0 aliphatic carbocycles. The summed E-state index contributed by atoms with van der Waals surface area (Å²) in [6.07, 6.45) is 4.52. The number of pyridine rings is 1. The van der Waals surface area contributed by atoms with E-state index in [1.807, 2.05) is 28.5 Å². The Morgan fingerprint density at radius 2 is 2.07 bits per heavy atom. The van der Waals surface area contributed by atoms with Gasteiger partial charge in [0.1, 0.15) is 6.26 Å². The summed E-state index contributed by atoms with van der Waals surface area (Å²) in [6, 6.07) is 4.10. The zero-order chi connectivity index (χ0) is 21.6. The van der Waals surface area contributed by atoms with Crippen molar-refractivity contribution in [3.63, 3.8) is 0 Å². The Hall–Kier alpha value is -2.90. The summed E-state index contributed by atoms with van der Waals surface area (Å²) in [5, 5.41) is 0. The highest BCUT2D eigenvalue weighted by Gasteiger charge is 2.32. The van der Waals surface area contributed by atoms with Crippen LogP contribution in [0.2, 0.25) is 0 Å². The van der Waals surface area contributed by atoms with Gasteiger partial charge in [0.25, 0.3) is 5.89 Å². The van der Waals surface area contributed by atoms with E-state index in [0.29, 0.717) is 18.7 Å². The van der Waals surface area contributed by atoms with Gasteiger partial charge in [0.2, 0.25) is 0 Å². The number of rotatable bonds is 3. The molecule has 1 aliphatic heterocycles. The second-order valence-electron chi connectivity index (χ2n) is 9.47. The molecule has 0 N–H and O–H groups in total. The third-order valence-electron chi connectivity index (χ3n) is 5.81. The molecule has 4 heterocycles. The fraction of sp³-hybridized carbons (Fsp3) is 0.545. The lowest BCUT2D eigenvalue weighted by Crippen LogP contribution is -2.44. The van der Waals surface area contributed by atoms with Gasteiger partial charge in [-0.25, -0.2) is 14.8 Å². The second-order valence-corrected chi connectivity index (χ2v) is 9.47. The Labute approximate surface area is 175 Å². The summed E-state index contributed by atoms with van der Waals surface area (Å²) >= 11 is 0. The average molecular weight is 412 g/mol. The van der Waals surface area contributed by atoms with E-state index < -0.39 is 0 Å². The highest BCUT2D eigenvalue weighted by atomic mass is 16.4. The minimum atomic E-state index is -0.170. The predicted octanol–water partition coefficient (Wildman–Crippen LogP) is 3.18. The molecule has 1 amide bonds. The molecule has 3 aromatic rings. The van der Waals surface area contributed by atoms with Crippen LogP contribution in [0.4, 0.5) is 0 Å². The van der Waals surface area contributed by atoms with Crippen LogP contribution in [0.25, 0.3) is 11.2 Å². The van der Waals surface area contributed by atoms with Crippen LogP contribution in [-0.2, 0) is 13.6 Å². The van der Waals surface area contributed by atoms with Gasteiger partial charge in [0, 0.05) is 37.8 Å². The monoisotopic (exact) mass is 411 g/mol. The first-order valence-electron chi connectivity index (χ1n) is 10.4. The summed E-state index contributed by atoms with van der Waals surface area (Å²) < 4.78 is 8.61. The van der Waals surface area contributed by atoms with E-state index in [-0.39, 0.29) is 34.9 Å². The third-order valence-corrected chi connectivity index (χ3v) is 5.81. The fourth-order valence-corrected chi connectivity index (χ4v) is 4.34. The van der Waals surface area contributed by atoms with Crippen molar-refractivity contribution < 1.29 is 9.21 Å². The standard InChI is InChI=1S/C22H29N5O3/c1-14-12-15(8-10-26(14)20(28)19-23-9-11-30-19)16-6-7-17-18(24-16)25(5)21(29)27(17)13-22(2,3)4/h6-7,9,11,14-15H,8,10,12-13H2,1-5H3. The molecule has 2 unspecified atom stereocenters. The Morgan fingerprint density at radius 3 is 2.70 bits per heavy atom. The van der Waals surface area contributed by atoms with Crippen molar-refractivity contribution in [1.82, 2.24) is 24.0 Å². The van der Waals surface area contributed by atoms with E-state index >= 15 is 0 Å². The van der Waals surface area contributed by atoms with Gasteiger partial charge in [-0.05, 0) is 37.3 Å². The lowest BCUT2D eigenvalue weighted by Gasteiger charge is -2.36. The molecule has 0 aromatic carbocycles.